The number of carbonyl (C=O) groups excluding carboxylic acids is 1. The molecule has 0 amide bonds. The second-order valence-corrected chi connectivity index (χ2v) is 11.2. The van der Waals surface area contributed by atoms with Crippen LogP contribution in [0.15, 0.2) is 57.9 Å². The smallest absolute Gasteiger partial charge is 0.219 e. The number of carbonyl (C=O) groups is 1. The Balaban J connectivity index is 1.96. The number of ketones is 1. The number of Topliss-reactive ketones (excluding diaryl/α,β-unsaturated/α-hetero) is 1. The predicted octanol–water partition coefficient (Wildman–Crippen LogP) is 5.55. The first-order valence-electron chi connectivity index (χ1n) is 10.2. The third-order valence-corrected chi connectivity index (χ3v) is 7.95. The minimum absolute atomic E-state index is 0.0595. The summed E-state index contributed by atoms with van der Waals surface area (Å²) in [6, 6.07) is 6.41. The number of aromatic nitrogens is 2. The summed E-state index contributed by atoms with van der Waals surface area (Å²) < 4.78 is 15.7. The number of nitriles is 1. The average Bonchev–Trinajstić information content (AvgIpc) is 3.19. The molecule has 1 unspecified atom stereocenters. The second-order valence-electron chi connectivity index (χ2n) is 8.57. The Bertz CT molecular complexity index is 1240. The third-order valence-electron chi connectivity index (χ3n) is 5.58. The molecule has 0 radical (unpaired) electrons. The lowest BCUT2D eigenvalue weighted by atomic mass is 9.68. The second kappa shape index (κ2) is 8.93. The van der Waals surface area contributed by atoms with Crippen LogP contribution >= 0.6 is 34.7 Å². The van der Waals surface area contributed by atoms with Gasteiger partial charge in [-0.25, -0.2) is 4.39 Å². The lowest BCUT2D eigenvalue weighted by molar-refractivity contribution is -0.118. The van der Waals surface area contributed by atoms with Crippen LogP contribution in [0.5, 0.6) is 0 Å². The van der Waals surface area contributed by atoms with Gasteiger partial charge in [0.1, 0.15) is 11.6 Å². The fourth-order valence-electron chi connectivity index (χ4n) is 4.28. The van der Waals surface area contributed by atoms with Crippen LogP contribution in [0.2, 0.25) is 5.02 Å². The van der Waals surface area contributed by atoms with Gasteiger partial charge in [0, 0.05) is 34.0 Å². The molecule has 10 heteroatoms. The lowest BCUT2D eigenvalue weighted by Crippen LogP contribution is -2.42. The van der Waals surface area contributed by atoms with Crippen molar-refractivity contribution in [2.75, 3.05) is 10.7 Å². The van der Waals surface area contributed by atoms with E-state index >= 15 is 4.39 Å². The maximum atomic E-state index is 15.0. The van der Waals surface area contributed by atoms with Gasteiger partial charge in [-0.15, -0.1) is 16.8 Å². The van der Waals surface area contributed by atoms with Gasteiger partial charge >= 0.3 is 0 Å². The van der Waals surface area contributed by atoms with E-state index in [4.69, 9.17) is 17.3 Å². The molecule has 2 N–H and O–H groups in total. The normalized spacial score (nSPS) is 20.0. The standard InChI is InChI=1S/C23H21ClFN5OS2/c1-4-8-32-22-29-28-21(33-22)30-15-9-23(2,3)10-16(31)19(15)17(12(11-26)20(30)27)18-13(24)6-5-7-14(18)25/h4-7,17H,1,8-10,27H2,2-3H3. The van der Waals surface area contributed by atoms with Crippen molar-refractivity contribution in [2.45, 2.75) is 36.9 Å². The van der Waals surface area contributed by atoms with E-state index in [2.05, 4.69) is 22.8 Å². The number of hydrogen-bond donors (Lipinski definition) is 1. The third kappa shape index (κ3) is 4.19. The molecule has 1 aliphatic carbocycles. The zero-order chi connectivity index (χ0) is 23.9. The predicted molar refractivity (Wildman–Crippen MR) is 129 cm³/mol. The lowest BCUT2D eigenvalue weighted by Gasteiger charge is -2.42. The highest BCUT2D eigenvalue weighted by molar-refractivity contribution is 8.01. The first-order chi connectivity index (χ1) is 15.7. The van der Waals surface area contributed by atoms with Crippen molar-refractivity contribution in [3.05, 3.63) is 69.9 Å². The maximum absolute atomic E-state index is 15.0. The Kier molecular flexibility index (Phi) is 6.36. The van der Waals surface area contributed by atoms with Crippen molar-refractivity contribution in [1.82, 2.24) is 10.2 Å². The van der Waals surface area contributed by atoms with Crippen LogP contribution < -0.4 is 10.6 Å². The summed E-state index contributed by atoms with van der Waals surface area (Å²) in [6.07, 6.45) is 2.52. The van der Waals surface area contributed by atoms with Crippen LogP contribution in [0.25, 0.3) is 0 Å². The van der Waals surface area contributed by atoms with E-state index in [1.807, 2.05) is 13.8 Å². The van der Waals surface area contributed by atoms with Crippen LogP contribution in [-0.4, -0.2) is 21.7 Å². The summed E-state index contributed by atoms with van der Waals surface area (Å²) >= 11 is 9.16. The van der Waals surface area contributed by atoms with Crippen molar-refractivity contribution in [3.8, 4) is 6.07 Å². The zero-order valence-electron chi connectivity index (χ0n) is 18.1. The van der Waals surface area contributed by atoms with E-state index in [0.29, 0.717) is 32.9 Å². The quantitative estimate of drug-likeness (QED) is 0.423. The molecule has 1 atom stereocenters. The molecule has 0 saturated heterocycles. The number of rotatable bonds is 5. The highest BCUT2D eigenvalue weighted by atomic mass is 35.5. The zero-order valence-corrected chi connectivity index (χ0v) is 20.5. The van der Waals surface area contributed by atoms with Gasteiger partial charge in [-0.2, -0.15) is 5.26 Å². The van der Waals surface area contributed by atoms with Crippen LogP contribution in [0.4, 0.5) is 9.52 Å². The van der Waals surface area contributed by atoms with Gasteiger partial charge in [0.15, 0.2) is 10.1 Å². The summed E-state index contributed by atoms with van der Waals surface area (Å²) in [4.78, 5) is 15.1. The monoisotopic (exact) mass is 501 g/mol. The number of thioether (sulfide) groups is 1. The molecule has 0 saturated carbocycles. The van der Waals surface area contributed by atoms with Gasteiger partial charge < -0.3 is 5.73 Å². The van der Waals surface area contributed by atoms with E-state index in [0.717, 1.165) is 0 Å². The molecule has 33 heavy (non-hydrogen) atoms. The van der Waals surface area contributed by atoms with Crippen molar-refractivity contribution in [3.63, 3.8) is 0 Å². The molecule has 0 fully saturated rings. The van der Waals surface area contributed by atoms with E-state index in [-0.39, 0.29) is 39.6 Å². The first-order valence-corrected chi connectivity index (χ1v) is 12.3. The molecule has 1 aromatic heterocycles. The largest absolute Gasteiger partial charge is 0.384 e. The molecule has 4 rings (SSSR count). The molecular formula is C23H21ClFN5OS2. The van der Waals surface area contributed by atoms with Gasteiger partial charge in [0.25, 0.3) is 0 Å². The Morgan fingerprint density at radius 1 is 1.45 bits per heavy atom. The summed E-state index contributed by atoms with van der Waals surface area (Å²) in [7, 11) is 0. The summed E-state index contributed by atoms with van der Waals surface area (Å²) in [5, 5.41) is 19.1. The molecule has 6 nitrogen and oxygen atoms in total. The van der Waals surface area contributed by atoms with Gasteiger partial charge in [0.2, 0.25) is 5.13 Å². The molecule has 0 bridgehead atoms. The molecule has 1 aromatic carbocycles. The summed E-state index contributed by atoms with van der Waals surface area (Å²) in [6.45, 7) is 7.69. The molecule has 170 valence electrons. The first kappa shape index (κ1) is 23.5. The highest BCUT2D eigenvalue weighted by Crippen LogP contribution is 2.52. The van der Waals surface area contributed by atoms with E-state index in [9.17, 15) is 10.1 Å². The Labute approximate surface area is 204 Å². The fraction of sp³-hybridized carbons (Fsp3) is 0.304. The number of hydrogen-bond acceptors (Lipinski definition) is 8. The Hall–Kier alpha value is -2.67. The van der Waals surface area contributed by atoms with Crippen LogP contribution in [-0.2, 0) is 4.79 Å². The molecule has 2 aromatic rings. The Morgan fingerprint density at radius 2 is 2.21 bits per heavy atom. The van der Waals surface area contributed by atoms with E-state index in [1.54, 1.807) is 17.0 Å². The summed E-state index contributed by atoms with van der Waals surface area (Å²) in [5.41, 5.74) is 7.26. The van der Waals surface area contributed by atoms with Crippen molar-refractivity contribution >= 4 is 45.6 Å². The SMILES string of the molecule is C=CCSc1nnc(N2C(N)=C(C#N)C(c3c(F)cccc3Cl)C3=C2CC(C)(C)CC3=O)s1. The highest BCUT2D eigenvalue weighted by Gasteiger charge is 2.46. The van der Waals surface area contributed by atoms with Gasteiger partial charge in [-0.1, -0.05) is 60.7 Å². The van der Waals surface area contributed by atoms with E-state index < -0.39 is 11.7 Å². The maximum Gasteiger partial charge on any atom is 0.219 e. The Morgan fingerprint density at radius 3 is 2.88 bits per heavy atom. The minimum atomic E-state index is -0.985. The number of benzene rings is 1. The topological polar surface area (TPSA) is 95.9 Å². The number of nitrogens with zero attached hydrogens (tertiary/aromatic N) is 4. The van der Waals surface area contributed by atoms with Crippen LogP contribution in [0.1, 0.15) is 38.2 Å². The number of anilines is 1. The average molecular weight is 502 g/mol. The molecular weight excluding hydrogens is 481 g/mol. The molecule has 1 aliphatic heterocycles. The van der Waals surface area contributed by atoms with Crippen LogP contribution in [0.3, 0.4) is 0 Å². The number of halogens is 2. The van der Waals surface area contributed by atoms with Crippen LogP contribution in [0, 0.1) is 22.6 Å². The molecule has 2 aliphatic rings. The minimum Gasteiger partial charge on any atom is -0.384 e. The van der Waals surface area contributed by atoms with Gasteiger partial charge in [0.05, 0.1) is 17.6 Å². The van der Waals surface area contributed by atoms with Crippen molar-refractivity contribution in [2.24, 2.45) is 11.1 Å². The fourth-order valence-corrected chi connectivity index (χ4v) is 6.20. The van der Waals surface area contributed by atoms with Crippen molar-refractivity contribution in [1.29, 1.82) is 5.26 Å². The van der Waals surface area contributed by atoms with Gasteiger partial charge in [-0.05, 0) is 24.0 Å². The number of nitrogens with two attached hydrogens (primary N) is 1. The molecule has 2 heterocycles. The van der Waals surface area contributed by atoms with E-state index in [1.165, 1.54) is 35.2 Å². The van der Waals surface area contributed by atoms with Gasteiger partial charge in [-0.3, -0.25) is 9.69 Å². The van der Waals surface area contributed by atoms with Crippen molar-refractivity contribution < 1.29 is 9.18 Å². The number of allylic oxidation sites excluding steroid dienone is 3. The molecule has 0 spiro atoms. The summed E-state index contributed by atoms with van der Waals surface area (Å²) in [5.74, 6) is -0.980.